The maximum Gasteiger partial charge on any atom is 0.410 e. The van der Waals surface area contributed by atoms with Gasteiger partial charge in [-0.05, 0) is 57.2 Å². The molecule has 0 spiro atoms. The third-order valence-electron chi connectivity index (χ3n) is 6.27. The number of carbonyl (C=O) groups is 1. The number of pyridine rings is 1. The van der Waals surface area contributed by atoms with Gasteiger partial charge in [0.1, 0.15) is 23.3 Å². The number of halogens is 1. The van der Waals surface area contributed by atoms with E-state index in [-0.39, 0.29) is 12.1 Å². The zero-order chi connectivity index (χ0) is 26.1. The Bertz CT molecular complexity index is 1230. The molecule has 0 N–H and O–H groups in total. The van der Waals surface area contributed by atoms with Gasteiger partial charge in [0.2, 0.25) is 0 Å². The lowest BCUT2D eigenvalue weighted by molar-refractivity contribution is 0.0204. The summed E-state index contributed by atoms with van der Waals surface area (Å²) in [7, 11) is -1.22. The second kappa shape index (κ2) is 10.5. The van der Waals surface area contributed by atoms with Gasteiger partial charge in [-0.3, -0.25) is 4.90 Å². The molecule has 3 aromatic rings. The molecule has 194 valence electrons. The lowest BCUT2D eigenvalue weighted by Crippen LogP contribution is -2.37. The van der Waals surface area contributed by atoms with E-state index in [2.05, 4.69) is 41.3 Å². The zero-order valence-electron chi connectivity index (χ0n) is 22.2. The number of amides is 1. The van der Waals surface area contributed by atoms with Crippen molar-refractivity contribution in [2.24, 2.45) is 0 Å². The number of aromatic nitrogens is 3. The molecule has 0 unspecified atom stereocenters. The number of rotatable bonds is 7. The minimum absolute atomic E-state index is 0.157. The average Bonchev–Trinajstić information content (AvgIpc) is 3.41. The van der Waals surface area contributed by atoms with Crippen LogP contribution in [0.1, 0.15) is 45.5 Å². The van der Waals surface area contributed by atoms with E-state index in [1.54, 1.807) is 6.20 Å². The highest BCUT2D eigenvalue weighted by molar-refractivity contribution is 6.76. The van der Waals surface area contributed by atoms with Crippen molar-refractivity contribution in [2.45, 2.75) is 77.7 Å². The maximum absolute atomic E-state index is 13.0. The first-order valence-electron chi connectivity index (χ1n) is 12.6. The van der Waals surface area contributed by atoms with Gasteiger partial charge >= 0.3 is 6.09 Å². The van der Waals surface area contributed by atoms with E-state index in [0.717, 1.165) is 46.7 Å². The summed E-state index contributed by atoms with van der Waals surface area (Å²) in [5.41, 5.74) is 1.42. The van der Waals surface area contributed by atoms with Crippen LogP contribution in [0, 0.1) is 0 Å². The first-order valence-corrected chi connectivity index (χ1v) is 16.7. The minimum Gasteiger partial charge on any atom is -0.444 e. The van der Waals surface area contributed by atoms with Gasteiger partial charge in [0.05, 0.1) is 17.9 Å². The molecule has 4 rings (SSSR count). The van der Waals surface area contributed by atoms with Gasteiger partial charge in [0.15, 0.2) is 0 Å². The second-order valence-corrected chi connectivity index (χ2v) is 17.7. The van der Waals surface area contributed by atoms with Crippen LogP contribution in [-0.2, 0) is 16.2 Å². The van der Waals surface area contributed by atoms with Gasteiger partial charge in [-0.15, -0.1) is 0 Å². The van der Waals surface area contributed by atoms with Crippen LogP contribution >= 0.6 is 11.6 Å². The van der Waals surface area contributed by atoms with E-state index >= 15 is 0 Å². The van der Waals surface area contributed by atoms with Crippen LogP contribution in [0.25, 0.3) is 22.0 Å². The predicted octanol–water partition coefficient (Wildman–Crippen LogP) is 7.14. The average molecular weight is 529 g/mol. The van der Waals surface area contributed by atoms with Crippen molar-refractivity contribution in [1.29, 1.82) is 0 Å². The SMILES string of the molecule is CC(C)(C)OC(=O)N1CCC[C@H]1c1ncc(-c2ccc3cc(Cl)ncc3c2)n1COCC[Si](C)(C)C. The van der Waals surface area contributed by atoms with Crippen LogP contribution in [0.15, 0.2) is 36.7 Å². The van der Waals surface area contributed by atoms with Gasteiger partial charge in [-0.25, -0.2) is 14.8 Å². The monoisotopic (exact) mass is 528 g/mol. The Hall–Kier alpha value is -2.42. The summed E-state index contributed by atoms with van der Waals surface area (Å²) in [6.45, 7) is 14.4. The van der Waals surface area contributed by atoms with Gasteiger partial charge in [0, 0.05) is 38.4 Å². The van der Waals surface area contributed by atoms with E-state index < -0.39 is 13.7 Å². The Morgan fingerprint density at radius 3 is 2.64 bits per heavy atom. The van der Waals surface area contributed by atoms with Crippen LogP contribution in [-0.4, -0.2) is 52.4 Å². The molecule has 1 aliphatic rings. The molecule has 3 heterocycles. The molecular weight excluding hydrogens is 492 g/mol. The molecule has 1 fully saturated rings. The molecule has 1 aromatic carbocycles. The highest BCUT2D eigenvalue weighted by Crippen LogP contribution is 2.35. The van der Waals surface area contributed by atoms with E-state index in [4.69, 9.17) is 26.1 Å². The van der Waals surface area contributed by atoms with E-state index in [1.165, 1.54) is 0 Å². The second-order valence-electron chi connectivity index (χ2n) is 11.7. The molecule has 0 bridgehead atoms. The number of ether oxygens (including phenoxy) is 2. The fourth-order valence-electron chi connectivity index (χ4n) is 4.40. The number of hydrogen-bond acceptors (Lipinski definition) is 5. The molecule has 0 saturated carbocycles. The number of likely N-dealkylation sites (tertiary alicyclic amines) is 1. The number of carbonyl (C=O) groups excluding carboxylic acids is 1. The standard InChI is InChI=1S/C27H37ClN4O3Si/c1-27(2,3)35-26(33)31-11-7-8-22(31)25-30-17-23(32(25)18-34-12-13-36(4,5)6)20-10-9-19-15-24(28)29-16-21(19)14-20/h9-10,14-17,22H,7-8,11-13,18H2,1-6H3/t22-/m0/s1. The van der Waals surface area contributed by atoms with Crippen LogP contribution in [0.3, 0.4) is 0 Å². The molecule has 0 radical (unpaired) electrons. The van der Waals surface area contributed by atoms with Crippen molar-refractivity contribution in [3.63, 3.8) is 0 Å². The smallest absolute Gasteiger partial charge is 0.410 e. The minimum atomic E-state index is -1.22. The van der Waals surface area contributed by atoms with Crippen molar-refractivity contribution >= 4 is 36.5 Å². The molecule has 0 aliphatic carbocycles. The lowest BCUT2D eigenvalue weighted by atomic mass is 10.1. The molecule has 1 saturated heterocycles. The highest BCUT2D eigenvalue weighted by Gasteiger charge is 2.36. The molecular formula is C27H37ClN4O3Si. The summed E-state index contributed by atoms with van der Waals surface area (Å²) in [5, 5.41) is 2.51. The normalized spacial score (nSPS) is 16.6. The number of fused-ring (bicyclic) bond motifs is 1. The number of benzene rings is 1. The van der Waals surface area contributed by atoms with Gasteiger partial charge < -0.3 is 14.0 Å². The Morgan fingerprint density at radius 2 is 1.92 bits per heavy atom. The largest absolute Gasteiger partial charge is 0.444 e. The Labute approximate surface area is 219 Å². The lowest BCUT2D eigenvalue weighted by Gasteiger charge is -2.29. The summed E-state index contributed by atoms with van der Waals surface area (Å²) in [5.74, 6) is 0.829. The molecule has 2 aromatic heterocycles. The highest BCUT2D eigenvalue weighted by atomic mass is 35.5. The Balaban J connectivity index is 1.68. The van der Waals surface area contributed by atoms with Crippen molar-refractivity contribution in [3.05, 3.63) is 47.6 Å². The summed E-state index contributed by atoms with van der Waals surface area (Å²) in [4.78, 5) is 23.9. The van der Waals surface area contributed by atoms with E-state index in [1.807, 2.05) is 44.0 Å². The number of hydrogen-bond donors (Lipinski definition) is 0. The Morgan fingerprint density at radius 1 is 1.14 bits per heavy atom. The number of nitrogens with zero attached hydrogens (tertiary/aromatic N) is 4. The molecule has 9 heteroatoms. The molecule has 36 heavy (non-hydrogen) atoms. The van der Waals surface area contributed by atoms with Crippen LogP contribution < -0.4 is 0 Å². The predicted molar refractivity (Wildman–Crippen MR) is 147 cm³/mol. The van der Waals surface area contributed by atoms with E-state index in [9.17, 15) is 4.79 Å². The van der Waals surface area contributed by atoms with Crippen molar-refractivity contribution < 1.29 is 14.3 Å². The van der Waals surface area contributed by atoms with Crippen molar-refractivity contribution in [1.82, 2.24) is 19.4 Å². The zero-order valence-corrected chi connectivity index (χ0v) is 23.9. The Kier molecular flexibility index (Phi) is 7.78. The topological polar surface area (TPSA) is 69.5 Å². The third-order valence-corrected chi connectivity index (χ3v) is 8.18. The van der Waals surface area contributed by atoms with Gasteiger partial charge in [0.25, 0.3) is 0 Å². The van der Waals surface area contributed by atoms with Crippen LogP contribution in [0.4, 0.5) is 4.79 Å². The van der Waals surface area contributed by atoms with Crippen LogP contribution in [0.5, 0.6) is 0 Å². The molecule has 1 atom stereocenters. The van der Waals surface area contributed by atoms with Gasteiger partial charge in [-0.2, -0.15) is 0 Å². The number of imidazole rings is 1. The quantitative estimate of drug-likeness (QED) is 0.185. The fourth-order valence-corrected chi connectivity index (χ4v) is 5.33. The molecule has 1 aliphatic heterocycles. The third kappa shape index (κ3) is 6.46. The molecule has 1 amide bonds. The van der Waals surface area contributed by atoms with Crippen molar-refractivity contribution in [2.75, 3.05) is 13.2 Å². The van der Waals surface area contributed by atoms with Crippen molar-refractivity contribution in [3.8, 4) is 11.3 Å². The first-order chi connectivity index (χ1) is 16.9. The summed E-state index contributed by atoms with van der Waals surface area (Å²) < 4.78 is 14.0. The first kappa shape index (κ1) is 26.6. The van der Waals surface area contributed by atoms with E-state index in [0.29, 0.717) is 25.0 Å². The summed E-state index contributed by atoms with van der Waals surface area (Å²) >= 11 is 6.08. The fraction of sp³-hybridized carbons (Fsp3) is 0.519. The summed E-state index contributed by atoms with van der Waals surface area (Å²) in [6.07, 6.45) is 5.12. The van der Waals surface area contributed by atoms with Crippen LogP contribution in [0.2, 0.25) is 30.8 Å². The summed E-state index contributed by atoms with van der Waals surface area (Å²) in [6, 6.07) is 9.00. The maximum atomic E-state index is 13.0. The van der Waals surface area contributed by atoms with Gasteiger partial charge in [-0.1, -0.05) is 43.4 Å². The molecule has 7 nitrogen and oxygen atoms in total.